The summed E-state index contributed by atoms with van der Waals surface area (Å²) >= 11 is 7.43. The first-order valence-corrected chi connectivity index (χ1v) is 8.34. The Morgan fingerprint density at radius 2 is 2.12 bits per heavy atom. The van der Waals surface area contributed by atoms with Gasteiger partial charge in [0.05, 0.1) is 23.6 Å². The molecule has 1 heterocycles. The number of hydrogen-bond acceptors (Lipinski definition) is 5. The molecule has 24 heavy (non-hydrogen) atoms. The van der Waals surface area contributed by atoms with Gasteiger partial charge in [-0.2, -0.15) is 0 Å². The van der Waals surface area contributed by atoms with Crippen molar-refractivity contribution >= 4 is 34.8 Å². The highest BCUT2D eigenvalue weighted by atomic mass is 35.5. The molecule has 0 radical (unpaired) electrons. The van der Waals surface area contributed by atoms with Gasteiger partial charge in [-0.25, -0.2) is 4.98 Å². The van der Waals surface area contributed by atoms with Crippen LogP contribution in [0.15, 0.2) is 29.6 Å². The molecule has 0 saturated heterocycles. The average molecular weight is 369 g/mol. The van der Waals surface area contributed by atoms with Crippen molar-refractivity contribution in [3.63, 3.8) is 0 Å². The third kappa shape index (κ3) is 4.53. The number of amides is 1. The van der Waals surface area contributed by atoms with Gasteiger partial charge in [0.2, 0.25) is 0 Å². The van der Waals surface area contributed by atoms with Crippen LogP contribution in [0.3, 0.4) is 0 Å². The number of aliphatic carboxylic acids is 1. The van der Waals surface area contributed by atoms with Crippen molar-refractivity contribution in [2.45, 2.75) is 18.9 Å². The van der Waals surface area contributed by atoms with E-state index in [1.54, 1.807) is 18.4 Å². The first-order chi connectivity index (χ1) is 11.3. The number of aromatic nitrogens is 1. The second-order valence-electron chi connectivity index (χ2n) is 5.54. The predicted molar refractivity (Wildman–Crippen MR) is 92.6 cm³/mol. The van der Waals surface area contributed by atoms with Gasteiger partial charge in [-0.1, -0.05) is 29.8 Å². The van der Waals surface area contributed by atoms with E-state index in [2.05, 4.69) is 10.3 Å². The molecule has 128 valence electrons. The Hall–Kier alpha value is -1.96. The van der Waals surface area contributed by atoms with Gasteiger partial charge in [-0.3, -0.25) is 9.59 Å². The summed E-state index contributed by atoms with van der Waals surface area (Å²) in [6, 6.07) is 7.23. The van der Waals surface area contributed by atoms with Crippen molar-refractivity contribution in [3.05, 3.63) is 40.4 Å². The fourth-order valence-corrected chi connectivity index (χ4v) is 3.38. The Morgan fingerprint density at radius 1 is 1.42 bits per heavy atom. The fourth-order valence-electron chi connectivity index (χ4n) is 2.26. The minimum atomic E-state index is -1.02. The summed E-state index contributed by atoms with van der Waals surface area (Å²) in [5, 5.41) is 14.5. The molecule has 0 bridgehead atoms. The summed E-state index contributed by atoms with van der Waals surface area (Å²) < 4.78 is 5.02. The minimum absolute atomic E-state index is 0.0759. The van der Waals surface area contributed by atoms with Crippen LogP contribution in [0, 0.1) is 0 Å². The second-order valence-corrected chi connectivity index (χ2v) is 6.80. The molecule has 0 spiro atoms. The van der Waals surface area contributed by atoms with Gasteiger partial charge < -0.3 is 15.2 Å². The Morgan fingerprint density at radius 3 is 2.75 bits per heavy atom. The number of halogens is 1. The Bertz CT molecular complexity index is 749. The number of nitrogens with zero attached hydrogens (tertiary/aromatic N) is 1. The van der Waals surface area contributed by atoms with E-state index >= 15 is 0 Å². The first-order valence-electron chi connectivity index (χ1n) is 7.08. The average Bonchev–Trinajstić information content (AvgIpc) is 2.96. The molecule has 1 atom stereocenters. The molecule has 6 nitrogen and oxygen atoms in total. The molecular weight excluding hydrogens is 352 g/mol. The van der Waals surface area contributed by atoms with Gasteiger partial charge in [0.1, 0.15) is 10.7 Å². The third-order valence-electron chi connectivity index (χ3n) is 3.26. The third-order valence-corrected chi connectivity index (χ3v) is 4.47. The van der Waals surface area contributed by atoms with Gasteiger partial charge in [-0.05, 0) is 13.0 Å². The maximum atomic E-state index is 12.4. The fraction of sp³-hybridized carbons (Fsp3) is 0.312. The summed E-state index contributed by atoms with van der Waals surface area (Å²) in [7, 11) is 1.45. The molecule has 2 aromatic rings. The van der Waals surface area contributed by atoms with Crippen molar-refractivity contribution in [3.8, 4) is 10.6 Å². The Balaban J connectivity index is 2.18. The number of rotatable bonds is 7. The molecule has 0 aliphatic heterocycles. The van der Waals surface area contributed by atoms with E-state index in [9.17, 15) is 9.59 Å². The van der Waals surface area contributed by atoms with Gasteiger partial charge in [0.25, 0.3) is 5.91 Å². The maximum Gasteiger partial charge on any atom is 0.305 e. The number of ether oxygens (including phenoxy) is 1. The number of carbonyl (C=O) groups excluding carboxylic acids is 1. The summed E-state index contributed by atoms with van der Waals surface area (Å²) in [6.07, 6.45) is -0.256. The molecule has 0 fully saturated rings. The zero-order valence-corrected chi connectivity index (χ0v) is 14.8. The van der Waals surface area contributed by atoms with Crippen LogP contribution < -0.4 is 5.32 Å². The van der Waals surface area contributed by atoms with Crippen LogP contribution in [0.5, 0.6) is 0 Å². The van der Waals surface area contributed by atoms with Gasteiger partial charge in [0.15, 0.2) is 0 Å². The lowest BCUT2D eigenvalue weighted by Crippen LogP contribution is -2.50. The standard InChI is InChI=1S/C16H17ClN2O4S/c1-16(9-23-2,7-13(20)21)19-14(22)12-8-24-15(18-12)10-5-3-4-6-11(10)17/h3-6,8H,7,9H2,1-2H3,(H,19,22)(H,20,21). The molecule has 1 amide bonds. The summed E-state index contributed by atoms with van der Waals surface area (Å²) in [5.41, 5.74) is -0.0673. The minimum Gasteiger partial charge on any atom is -0.481 e. The van der Waals surface area contributed by atoms with Crippen LogP contribution >= 0.6 is 22.9 Å². The second kappa shape index (κ2) is 7.74. The lowest BCUT2D eigenvalue weighted by Gasteiger charge is -2.28. The SMILES string of the molecule is COCC(C)(CC(=O)O)NC(=O)c1csc(-c2ccccc2Cl)n1. The zero-order chi connectivity index (χ0) is 17.7. The molecule has 0 saturated carbocycles. The molecule has 1 aromatic heterocycles. The monoisotopic (exact) mass is 368 g/mol. The number of carboxylic acid groups (broad SMARTS) is 1. The lowest BCUT2D eigenvalue weighted by molar-refractivity contribution is -0.139. The number of nitrogens with one attached hydrogen (secondary N) is 1. The number of thiazole rings is 1. The molecular formula is C16H17ClN2O4S. The number of methoxy groups -OCH3 is 1. The number of carboxylic acids is 1. The van der Waals surface area contributed by atoms with Crippen molar-refractivity contribution < 1.29 is 19.4 Å². The largest absolute Gasteiger partial charge is 0.481 e. The van der Waals surface area contributed by atoms with Crippen LogP contribution in [0.1, 0.15) is 23.8 Å². The highest BCUT2D eigenvalue weighted by Crippen LogP contribution is 2.30. The lowest BCUT2D eigenvalue weighted by atomic mass is 9.99. The maximum absolute atomic E-state index is 12.4. The van der Waals surface area contributed by atoms with E-state index in [1.165, 1.54) is 18.4 Å². The molecule has 8 heteroatoms. The van der Waals surface area contributed by atoms with Gasteiger partial charge >= 0.3 is 5.97 Å². The Kier molecular flexibility index (Phi) is 5.93. The molecule has 0 aliphatic rings. The van der Waals surface area contributed by atoms with E-state index in [0.29, 0.717) is 10.0 Å². The van der Waals surface area contributed by atoms with E-state index in [0.717, 1.165) is 5.56 Å². The predicted octanol–water partition coefficient (Wildman–Crippen LogP) is 3.07. The van der Waals surface area contributed by atoms with Crippen molar-refractivity contribution in [1.82, 2.24) is 10.3 Å². The van der Waals surface area contributed by atoms with Crippen LogP contribution in [0.2, 0.25) is 5.02 Å². The van der Waals surface area contributed by atoms with E-state index < -0.39 is 17.4 Å². The quantitative estimate of drug-likeness (QED) is 0.784. The van der Waals surface area contributed by atoms with Crippen molar-refractivity contribution in [2.75, 3.05) is 13.7 Å². The number of carbonyl (C=O) groups is 2. The topological polar surface area (TPSA) is 88.5 Å². The van der Waals surface area contributed by atoms with E-state index in [1.807, 2.05) is 18.2 Å². The van der Waals surface area contributed by atoms with Crippen LogP contribution in [-0.4, -0.2) is 41.2 Å². The van der Waals surface area contributed by atoms with Gasteiger partial charge in [0, 0.05) is 18.1 Å². The molecule has 1 aromatic carbocycles. The molecule has 2 N–H and O–H groups in total. The molecule has 1 unspecified atom stereocenters. The highest BCUT2D eigenvalue weighted by molar-refractivity contribution is 7.13. The van der Waals surface area contributed by atoms with Crippen LogP contribution in [0.4, 0.5) is 0 Å². The van der Waals surface area contributed by atoms with Gasteiger partial charge in [-0.15, -0.1) is 11.3 Å². The number of benzene rings is 1. The normalized spacial score (nSPS) is 13.3. The zero-order valence-electron chi connectivity index (χ0n) is 13.2. The smallest absolute Gasteiger partial charge is 0.305 e. The van der Waals surface area contributed by atoms with Crippen molar-refractivity contribution in [1.29, 1.82) is 0 Å². The summed E-state index contributed by atoms with van der Waals surface area (Å²) in [4.78, 5) is 27.7. The van der Waals surface area contributed by atoms with Crippen LogP contribution in [-0.2, 0) is 9.53 Å². The van der Waals surface area contributed by atoms with Crippen molar-refractivity contribution in [2.24, 2.45) is 0 Å². The summed E-state index contributed by atoms with van der Waals surface area (Å²) in [5.74, 6) is -1.48. The Labute approximate surface area is 148 Å². The van der Waals surface area contributed by atoms with E-state index in [-0.39, 0.29) is 18.7 Å². The summed E-state index contributed by atoms with van der Waals surface area (Å²) in [6.45, 7) is 1.69. The molecule has 0 aliphatic carbocycles. The first kappa shape index (κ1) is 18.4. The van der Waals surface area contributed by atoms with E-state index in [4.69, 9.17) is 21.4 Å². The highest BCUT2D eigenvalue weighted by Gasteiger charge is 2.30. The molecule has 2 rings (SSSR count). The number of hydrogen-bond donors (Lipinski definition) is 2. The van der Waals surface area contributed by atoms with Crippen LogP contribution in [0.25, 0.3) is 10.6 Å².